The molecule has 0 amide bonds. The zero-order valence-corrected chi connectivity index (χ0v) is 10.8. The lowest BCUT2D eigenvalue weighted by Gasteiger charge is -2.13. The molecule has 0 saturated carbocycles. The van der Waals surface area contributed by atoms with Crippen LogP contribution in [0.1, 0.15) is 16.6 Å². The lowest BCUT2D eigenvalue weighted by molar-refractivity contribution is 0.776. The number of nitrogens with zero attached hydrogens (tertiary/aromatic N) is 3. The average molecular weight is 245 g/mol. The van der Waals surface area contributed by atoms with E-state index in [2.05, 4.69) is 46.9 Å². The van der Waals surface area contributed by atoms with Gasteiger partial charge in [0, 0.05) is 44.0 Å². The Hall–Kier alpha value is -1.42. The minimum atomic E-state index is 0.382. The summed E-state index contributed by atoms with van der Waals surface area (Å²) in [7, 11) is 4.19. The Bertz CT molecular complexity index is 519. The van der Waals surface area contributed by atoms with Crippen LogP contribution in [-0.2, 0) is 5.75 Å². The van der Waals surface area contributed by atoms with Crippen LogP contribution < -0.4 is 4.90 Å². The summed E-state index contributed by atoms with van der Waals surface area (Å²) in [5.74, 6) is 1.07. The third-order valence-corrected chi connectivity index (χ3v) is 4.34. The Kier molecular flexibility index (Phi) is 2.59. The molecule has 1 unspecified atom stereocenters. The summed E-state index contributed by atoms with van der Waals surface area (Å²) < 4.78 is 2.36. The van der Waals surface area contributed by atoms with Crippen molar-refractivity contribution < 1.29 is 0 Å². The number of aromatic nitrogens is 2. The van der Waals surface area contributed by atoms with Gasteiger partial charge in [0.05, 0.1) is 11.4 Å². The molecule has 17 heavy (non-hydrogen) atoms. The number of rotatable bonds is 2. The Morgan fingerprint density at radius 1 is 1.41 bits per heavy atom. The predicted octanol–water partition coefficient (Wildman–Crippen LogP) is 2.74. The summed E-state index contributed by atoms with van der Waals surface area (Å²) in [6.07, 6.45) is 5.97. The fourth-order valence-electron chi connectivity index (χ4n) is 2.26. The molecule has 1 aliphatic rings. The second-order valence-corrected chi connectivity index (χ2v) is 5.47. The lowest BCUT2D eigenvalue weighted by Crippen LogP contribution is -2.10. The van der Waals surface area contributed by atoms with Crippen LogP contribution >= 0.6 is 11.8 Å². The van der Waals surface area contributed by atoms with Crippen LogP contribution in [0.3, 0.4) is 0 Å². The Morgan fingerprint density at radius 2 is 2.29 bits per heavy atom. The van der Waals surface area contributed by atoms with Gasteiger partial charge in [0.25, 0.3) is 0 Å². The normalized spacial score (nSPS) is 18.1. The molecule has 0 aliphatic carbocycles. The number of anilines is 1. The summed E-state index contributed by atoms with van der Waals surface area (Å²) in [5, 5.41) is 0.382. The highest BCUT2D eigenvalue weighted by Gasteiger charge is 2.26. The van der Waals surface area contributed by atoms with Crippen molar-refractivity contribution in [2.75, 3.05) is 19.0 Å². The predicted molar refractivity (Wildman–Crippen MR) is 72.4 cm³/mol. The summed E-state index contributed by atoms with van der Waals surface area (Å²) in [4.78, 5) is 6.39. The van der Waals surface area contributed by atoms with E-state index < -0.39 is 0 Å². The van der Waals surface area contributed by atoms with Crippen LogP contribution in [0.5, 0.6) is 0 Å². The van der Waals surface area contributed by atoms with E-state index in [9.17, 15) is 0 Å². The van der Waals surface area contributed by atoms with Gasteiger partial charge in [0.2, 0.25) is 0 Å². The SMILES string of the molecule is CN(C)c1ccn2c1CSC2c1cccnc1. The zero-order chi connectivity index (χ0) is 11.8. The number of thioether (sulfide) groups is 1. The monoisotopic (exact) mass is 245 g/mol. The van der Waals surface area contributed by atoms with Crippen LogP contribution in [0.25, 0.3) is 0 Å². The largest absolute Gasteiger partial charge is 0.376 e. The Morgan fingerprint density at radius 3 is 3.00 bits per heavy atom. The number of fused-ring (bicyclic) bond motifs is 1. The lowest BCUT2D eigenvalue weighted by atomic mass is 10.3. The first-order valence-electron chi connectivity index (χ1n) is 5.66. The van der Waals surface area contributed by atoms with Gasteiger partial charge < -0.3 is 9.47 Å². The molecule has 88 valence electrons. The van der Waals surface area contributed by atoms with E-state index in [4.69, 9.17) is 0 Å². The molecule has 0 saturated heterocycles. The Balaban J connectivity index is 2.00. The second kappa shape index (κ2) is 4.11. The van der Waals surface area contributed by atoms with Crippen LogP contribution in [0.15, 0.2) is 36.8 Å². The molecule has 0 bridgehead atoms. The summed E-state index contributed by atoms with van der Waals surface area (Å²) in [6, 6.07) is 6.35. The smallest absolute Gasteiger partial charge is 0.106 e. The van der Waals surface area contributed by atoms with Gasteiger partial charge in [-0.1, -0.05) is 6.07 Å². The topological polar surface area (TPSA) is 21.1 Å². The molecule has 0 spiro atoms. The first-order valence-corrected chi connectivity index (χ1v) is 6.71. The highest BCUT2D eigenvalue weighted by Crippen LogP contribution is 2.43. The van der Waals surface area contributed by atoms with Gasteiger partial charge in [-0.05, 0) is 12.1 Å². The molecule has 1 atom stereocenters. The molecule has 2 aromatic heterocycles. The summed E-state index contributed by atoms with van der Waals surface area (Å²) in [5.41, 5.74) is 4.01. The number of hydrogen-bond acceptors (Lipinski definition) is 3. The zero-order valence-electron chi connectivity index (χ0n) is 10.00. The van der Waals surface area contributed by atoms with Crippen LogP contribution in [0, 0.1) is 0 Å². The van der Waals surface area contributed by atoms with E-state index in [-0.39, 0.29) is 0 Å². The van der Waals surface area contributed by atoms with Crippen molar-refractivity contribution in [2.45, 2.75) is 11.1 Å². The molecule has 3 nitrogen and oxygen atoms in total. The summed E-state index contributed by atoms with van der Waals surface area (Å²) >= 11 is 1.96. The van der Waals surface area contributed by atoms with E-state index in [1.54, 1.807) is 0 Å². The summed E-state index contributed by atoms with van der Waals surface area (Å²) in [6.45, 7) is 0. The molecule has 3 rings (SSSR count). The van der Waals surface area contributed by atoms with Crippen molar-refractivity contribution >= 4 is 17.4 Å². The van der Waals surface area contributed by atoms with Crippen LogP contribution in [-0.4, -0.2) is 23.6 Å². The van der Waals surface area contributed by atoms with Crippen molar-refractivity contribution in [3.8, 4) is 0 Å². The van der Waals surface area contributed by atoms with Gasteiger partial charge in [-0.25, -0.2) is 0 Å². The van der Waals surface area contributed by atoms with E-state index in [1.165, 1.54) is 16.9 Å². The van der Waals surface area contributed by atoms with Gasteiger partial charge in [-0.2, -0.15) is 0 Å². The Labute approximate surface area is 105 Å². The number of hydrogen-bond donors (Lipinski definition) is 0. The minimum absolute atomic E-state index is 0.382. The quantitative estimate of drug-likeness (QED) is 0.811. The van der Waals surface area contributed by atoms with Crippen LogP contribution in [0.2, 0.25) is 0 Å². The van der Waals surface area contributed by atoms with Gasteiger partial charge >= 0.3 is 0 Å². The average Bonchev–Trinajstić information content (AvgIpc) is 2.89. The van der Waals surface area contributed by atoms with E-state index in [0.29, 0.717) is 5.37 Å². The number of pyridine rings is 1. The van der Waals surface area contributed by atoms with Gasteiger partial charge in [0.15, 0.2) is 0 Å². The van der Waals surface area contributed by atoms with Crippen molar-refractivity contribution in [3.63, 3.8) is 0 Å². The molecule has 0 fully saturated rings. The molecule has 3 heterocycles. The van der Waals surface area contributed by atoms with Crippen LogP contribution in [0.4, 0.5) is 5.69 Å². The van der Waals surface area contributed by atoms with Crippen molar-refractivity contribution in [1.82, 2.24) is 9.55 Å². The molecule has 2 aromatic rings. The molecular weight excluding hydrogens is 230 g/mol. The molecule has 0 aromatic carbocycles. The maximum Gasteiger partial charge on any atom is 0.106 e. The third-order valence-electron chi connectivity index (χ3n) is 3.08. The van der Waals surface area contributed by atoms with Crippen molar-refractivity contribution in [3.05, 3.63) is 48.0 Å². The second-order valence-electron chi connectivity index (χ2n) is 4.40. The molecular formula is C13H15N3S. The molecule has 0 radical (unpaired) electrons. The first-order chi connectivity index (χ1) is 8.27. The molecule has 1 aliphatic heterocycles. The molecule has 4 heteroatoms. The maximum atomic E-state index is 4.21. The highest BCUT2D eigenvalue weighted by molar-refractivity contribution is 7.99. The fourth-order valence-corrected chi connectivity index (χ4v) is 3.56. The first kappa shape index (κ1) is 10.7. The molecule has 0 N–H and O–H groups in total. The van der Waals surface area contributed by atoms with Crippen molar-refractivity contribution in [1.29, 1.82) is 0 Å². The van der Waals surface area contributed by atoms with Gasteiger partial charge in [-0.15, -0.1) is 11.8 Å². The third kappa shape index (κ3) is 1.72. The minimum Gasteiger partial charge on any atom is -0.376 e. The van der Waals surface area contributed by atoms with E-state index in [0.717, 1.165) is 5.75 Å². The van der Waals surface area contributed by atoms with E-state index in [1.807, 2.05) is 30.2 Å². The highest BCUT2D eigenvalue weighted by atomic mass is 32.2. The van der Waals surface area contributed by atoms with Gasteiger partial charge in [0.1, 0.15) is 5.37 Å². The fraction of sp³-hybridized carbons (Fsp3) is 0.308. The van der Waals surface area contributed by atoms with Gasteiger partial charge in [-0.3, -0.25) is 4.98 Å². The maximum absolute atomic E-state index is 4.21. The van der Waals surface area contributed by atoms with Crippen molar-refractivity contribution in [2.24, 2.45) is 0 Å². The van der Waals surface area contributed by atoms with E-state index >= 15 is 0 Å². The standard InChI is InChI=1S/C13H15N3S/c1-15(2)11-5-7-16-12(11)9-17-13(16)10-4-3-6-14-8-10/h3-8,13H,9H2,1-2H3.